The molecule has 0 bridgehead atoms. The number of hydrogen-bond donors (Lipinski definition) is 0. The highest BCUT2D eigenvalue weighted by molar-refractivity contribution is 5.53. The van der Waals surface area contributed by atoms with E-state index in [9.17, 15) is 4.79 Å². The third kappa shape index (κ3) is 2.43. The van der Waals surface area contributed by atoms with Gasteiger partial charge in [0.1, 0.15) is 6.29 Å². The van der Waals surface area contributed by atoms with Crippen molar-refractivity contribution in [3.8, 4) is 0 Å². The lowest BCUT2D eigenvalue weighted by Crippen LogP contribution is -2.32. The van der Waals surface area contributed by atoms with Gasteiger partial charge in [0.2, 0.25) is 0 Å². The van der Waals surface area contributed by atoms with Gasteiger partial charge >= 0.3 is 0 Å². The third-order valence-corrected chi connectivity index (χ3v) is 4.83. The van der Waals surface area contributed by atoms with E-state index in [-0.39, 0.29) is 0 Å². The van der Waals surface area contributed by atoms with Gasteiger partial charge in [0.05, 0.1) is 0 Å². The largest absolute Gasteiger partial charge is 0.303 e. The summed E-state index contributed by atoms with van der Waals surface area (Å²) in [7, 11) is 0. The van der Waals surface area contributed by atoms with Gasteiger partial charge in [0.15, 0.2) is 0 Å². The van der Waals surface area contributed by atoms with Crippen molar-refractivity contribution in [1.29, 1.82) is 0 Å². The van der Waals surface area contributed by atoms with E-state index in [2.05, 4.69) is 13.8 Å². The maximum atomic E-state index is 10.8. The summed E-state index contributed by atoms with van der Waals surface area (Å²) in [5.41, 5.74) is 0. The third-order valence-electron chi connectivity index (χ3n) is 4.83. The fourth-order valence-electron chi connectivity index (χ4n) is 3.69. The maximum absolute atomic E-state index is 10.8. The van der Waals surface area contributed by atoms with Crippen LogP contribution in [-0.2, 0) is 4.79 Å². The monoisotopic (exact) mass is 208 g/mol. The molecule has 2 rings (SSSR count). The number of aldehydes is 1. The number of carbonyl (C=O) groups is 1. The number of hydrogen-bond acceptors (Lipinski definition) is 1. The smallest absolute Gasteiger partial charge is 0.123 e. The minimum atomic E-state index is 0.391. The summed E-state index contributed by atoms with van der Waals surface area (Å²) in [6.45, 7) is 4.73. The number of fused-ring (bicyclic) bond motifs is 1. The molecule has 0 amide bonds. The zero-order valence-corrected chi connectivity index (χ0v) is 10.1. The average molecular weight is 208 g/mol. The van der Waals surface area contributed by atoms with E-state index in [4.69, 9.17) is 0 Å². The second kappa shape index (κ2) is 4.67. The van der Waals surface area contributed by atoms with Crippen LogP contribution >= 0.6 is 0 Å². The summed E-state index contributed by atoms with van der Waals surface area (Å²) in [5.74, 6) is 4.03. The van der Waals surface area contributed by atoms with Gasteiger partial charge in [-0.25, -0.2) is 0 Å². The molecule has 2 aliphatic rings. The topological polar surface area (TPSA) is 17.1 Å². The molecule has 4 unspecified atom stereocenters. The van der Waals surface area contributed by atoms with Crippen LogP contribution in [0.1, 0.15) is 52.4 Å². The molecule has 0 N–H and O–H groups in total. The van der Waals surface area contributed by atoms with E-state index < -0.39 is 0 Å². The molecule has 15 heavy (non-hydrogen) atoms. The van der Waals surface area contributed by atoms with Gasteiger partial charge in [-0.3, -0.25) is 0 Å². The van der Waals surface area contributed by atoms with E-state index in [0.717, 1.165) is 30.1 Å². The Kier molecular flexibility index (Phi) is 3.48. The number of rotatable bonds is 2. The van der Waals surface area contributed by atoms with Crippen molar-refractivity contribution in [3.63, 3.8) is 0 Å². The molecular weight excluding hydrogens is 184 g/mol. The Bertz CT molecular complexity index is 221. The van der Waals surface area contributed by atoms with Crippen LogP contribution in [0.4, 0.5) is 0 Å². The van der Waals surface area contributed by atoms with Crippen LogP contribution in [0.15, 0.2) is 0 Å². The van der Waals surface area contributed by atoms with Gasteiger partial charge < -0.3 is 4.79 Å². The highest BCUT2D eigenvalue weighted by Crippen LogP contribution is 2.45. The molecule has 0 heterocycles. The zero-order chi connectivity index (χ0) is 10.8. The van der Waals surface area contributed by atoms with E-state index in [0.29, 0.717) is 5.92 Å². The molecule has 0 aromatic carbocycles. The molecule has 86 valence electrons. The Morgan fingerprint density at radius 3 is 2.33 bits per heavy atom. The van der Waals surface area contributed by atoms with Crippen molar-refractivity contribution >= 4 is 6.29 Å². The molecule has 0 radical (unpaired) electrons. The molecule has 2 fully saturated rings. The first-order chi connectivity index (χ1) is 7.20. The van der Waals surface area contributed by atoms with Gasteiger partial charge in [-0.2, -0.15) is 0 Å². The van der Waals surface area contributed by atoms with E-state index in [1.807, 2.05) is 0 Å². The van der Waals surface area contributed by atoms with Gasteiger partial charge in [-0.15, -0.1) is 0 Å². The van der Waals surface area contributed by atoms with Gasteiger partial charge in [-0.05, 0) is 62.2 Å². The molecule has 1 heteroatoms. The van der Waals surface area contributed by atoms with Gasteiger partial charge in [0.25, 0.3) is 0 Å². The molecular formula is C14H24O. The van der Waals surface area contributed by atoms with Crippen LogP contribution in [0.2, 0.25) is 0 Å². The fraction of sp³-hybridized carbons (Fsp3) is 0.929. The molecule has 4 atom stereocenters. The van der Waals surface area contributed by atoms with Crippen LogP contribution in [0.3, 0.4) is 0 Å². The highest BCUT2D eigenvalue weighted by atomic mass is 16.1. The SMILES string of the molecule is CC(C)C1CCC2CC(C=O)CCC2C1. The maximum Gasteiger partial charge on any atom is 0.123 e. The molecule has 0 aromatic heterocycles. The predicted molar refractivity (Wildman–Crippen MR) is 62.6 cm³/mol. The summed E-state index contributed by atoms with van der Waals surface area (Å²) in [6.07, 6.45) is 9.10. The standard InChI is InChI=1S/C14H24O/c1-10(2)12-5-6-13-7-11(9-15)3-4-14(13)8-12/h9-14H,3-8H2,1-2H3. The normalized spacial score (nSPS) is 41.3. The summed E-state index contributed by atoms with van der Waals surface area (Å²) in [5, 5.41) is 0. The van der Waals surface area contributed by atoms with Crippen LogP contribution < -0.4 is 0 Å². The molecule has 0 aromatic rings. The predicted octanol–water partition coefficient (Wildman–Crippen LogP) is 3.67. The van der Waals surface area contributed by atoms with Gasteiger partial charge in [0, 0.05) is 5.92 Å². The lowest BCUT2D eigenvalue weighted by atomic mass is 9.63. The van der Waals surface area contributed by atoms with Crippen molar-refractivity contribution in [3.05, 3.63) is 0 Å². The Labute approximate surface area is 93.6 Å². The lowest BCUT2D eigenvalue weighted by Gasteiger charge is -2.42. The molecule has 1 nitrogen and oxygen atoms in total. The second-order valence-electron chi connectivity index (χ2n) is 6.05. The second-order valence-corrected chi connectivity index (χ2v) is 6.05. The van der Waals surface area contributed by atoms with E-state index in [1.165, 1.54) is 38.4 Å². The Hall–Kier alpha value is -0.330. The first-order valence-electron chi connectivity index (χ1n) is 6.66. The molecule has 2 aliphatic carbocycles. The van der Waals surface area contributed by atoms with Gasteiger partial charge in [-0.1, -0.05) is 13.8 Å². The Balaban J connectivity index is 1.91. The summed E-state index contributed by atoms with van der Waals surface area (Å²) in [6, 6.07) is 0. The molecule has 2 saturated carbocycles. The Morgan fingerprint density at radius 1 is 1.00 bits per heavy atom. The summed E-state index contributed by atoms with van der Waals surface area (Å²) >= 11 is 0. The molecule has 0 aliphatic heterocycles. The van der Waals surface area contributed by atoms with Crippen molar-refractivity contribution in [1.82, 2.24) is 0 Å². The van der Waals surface area contributed by atoms with Crippen LogP contribution in [0.25, 0.3) is 0 Å². The summed E-state index contributed by atoms with van der Waals surface area (Å²) in [4.78, 5) is 10.8. The molecule has 0 saturated heterocycles. The lowest BCUT2D eigenvalue weighted by molar-refractivity contribution is -0.113. The van der Waals surface area contributed by atoms with Crippen molar-refractivity contribution in [2.24, 2.45) is 29.6 Å². The molecule has 0 spiro atoms. The quantitative estimate of drug-likeness (QED) is 0.633. The van der Waals surface area contributed by atoms with Crippen molar-refractivity contribution in [2.45, 2.75) is 52.4 Å². The minimum Gasteiger partial charge on any atom is -0.303 e. The highest BCUT2D eigenvalue weighted by Gasteiger charge is 2.35. The number of carbonyl (C=O) groups excluding carboxylic acids is 1. The van der Waals surface area contributed by atoms with E-state index in [1.54, 1.807) is 0 Å². The fourth-order valence-corrected chi connectivity index (χ4v) is 3.69. The first kappa shape index (κ1) is 11.2. The minimum absolute atomic E-state index is 0.391. The van der Waals surface area contributed by atoms with Crippen LogP contribution in [-0.4, -0.2) is 6.29 Å². The average Bonchev–Trinajstić information content (AvgIpc) is 2.27. The first-order valence-corrected chi connectivity index (χ1v) is 6.66. The van der Waals surface area contributed by atoms with Crippen molar-refractivity contribution < 1.29 is 4.79 Å². The zero-order valence-electron chi connectivity index (χ0n) is 10.1. The van der Waals surface area contributed by atoms with Crippen molar-refractivity contribution in [2.75, 3.05) is 0 Å². The summed E-state index contributed by atoms with van der Waals surface area (Å²) < 4.78 is 0. The van der Waals surface area contributed by atoms with E-state index >= 15 is 0 Å². The van der Waals surface area contributed by atoms with Crippen LogP contribution in [0.5, 0.6) is 0 Å². The Morgan fingerprint density at radius 2 is 1.67 bits per heavy atom. The van der Waals surface area contributed by atoms with Crippen LogP contribution in [0, 0.1) is 29.6 Å².